The number of aliphatic carboxylic acids is 1. The molecule has 3 amide bonds. The summed E-state index contributed by atoms with van der Waals surface area (Å²) in [7, 11) is -4.70. The van der Waals surface area contributed by atoms with Gasteiger partial charge >= 0.3 is 178 Å². The standard InChI is InChI=1S/C20H34N2O3.C19H32N2O4.C12H22N2O2.C9H13F3O4S.C8H14O2.C4H8O.CH2O3.CH4O.2Cs.H/c1-15(23)17(16-8-5-6-9-16)21-11-7-10-20(12-21)13-22(14-20)18(24)25-19(2,3)4;1-18(2,3)25-17(24)21-12-19(13-21)9-6-10-20(11-19)15(16(22)23)14-7-4-5-8-14;1-11(2,3)16-10(15)14-8-12(9-14)5-4-6-13-7-12;1-6(13)8(7-4-2-3-5-7)16-17(14,15)9(10,11)12;1-6(9)8(10)7-4-2-3-5-7;1-2-4-5-3-1;2-1-4-3;1-2;;;/h16-17H,5-14H2,1-4H3;14-15H,4-13H2,1-3H3,(H,22,23);13H,4-9H2,1-3H3;7-8H,2-5H2,1H3;7-8,10H,2-5H2,1H3;1-4H2;1,3H;2H,1H3;;;/q;;;;;;;;2*+1;-1/p-1/t17-;15-;;2*8-;;;;;;/m00.00....../s1. The summed E-state index contributed by atoms with van der Waals surface area (Å²) < 4.78 is 83.3. The molecule has 4 saturated carbocycles. The SMILES string of the molecule is C1CCOC1.CC(=O)[C@@H](C1CCCC1)N1CCCC2(CN(C(=O)OC(C)(C)C)C2)C1.CC(=O)[C@H](O)C1CCCC1.CC(=O)[C@H](OS(=O)(=O)C(F)(F)F)C1CCCC1.CC(C)(C)OC(=O)N1CC2(CCCN([C@H](C(=O)O)C3CCCC3)C2)C1.CC(C)(C)OC(=O)N1CC2(CCCNC2)C1.CO.O=CO[O-].[Cs+].[Cs+].[H-]. The molecule has 0 unspecified atom stereocenters. The largest absolute Gasteiger partial charge is 1.00 e. The zero-order chi connectivity index (χ0) is 78.1. The van der Waals surface area contributed by atoms with E-state index >= 15 is 0 Å². The van der Waals surface area contributed by atoms with Crippen molar-refractivity contribution in [1.29, 1.82) is 0 Å². The van der Waals surface area contributed by atoms with Crippen molar-refractivity contribution in [2.24, 2.45) is 39.9 Å². The van der Waals surface area contributed by atoms with Gasteiger partial charge in [-0.2, -0.15) is 21.6 Å². The Kier molecular flexibility index (Phi) is 45.3. The van der Waals surface area contributed by atoms with Crippen LogP contribution in [0.4, 0.5) is 27.6 Å². The molecule has 26 nitrogen and oxygen atoms in total. The zero-order valence-corrected chi connectivity index (χ0v) is 80.0. The topological polar surface area (TPSA) is 338 Å². The van der Waals surface area contributed by atoms with Crippen molar-refractivity contribution in [2.75, 3.05) is 98.9 Å². The van der Waals surface area contributed by atoms with E-state index in [1.165, 1.54) is 71.1 Å². The second-order valence-electron chi connectivity index (χ2n) is 33.5. The maximum atomic E-state index is 12.4. The van der Waals surface area contributed by atoms with Gasteiger partial charge in [-0.1, -0.05) is 51.4 Å². The van der Waals surface area contributed by atoms with Crippen LogP contribution >= 0.6 is 0 Å². The molecule has 32 heteroatoms. The predicted octanol–water partition coefficient (Wildman–Crippen LogP) is 4.12. The Hall–Kier alpha value is -0.716. The van der Waals surface area contributed by atoms with Gasteiger partial charge in [0.1, 0.15) is 40.8 Å². The molecule has 0 aromatic heterocycles. The number of carboxylic acid groups (broad SMARTS) is 1. The molecule has 7 aliphatic heterocycles. The molecule has 11 rings (SSSR count). The fourth-order valence-electron chi connectivity index (χ4n) is 16.6. The third-order valence-corrected chi connectivity index (χ3v) is 22.1. The van der Waals surface area contributed by atoms with Crippen LogP contribution in [-0.4, -0.2) is 242 Å². The summed E-state index contributed by atoms with van der Waals surface area (Å²) in [6.07, 6.45) is 22.8. The van der Waals surface area contributed by atoms with Crippen LogP contribution in [0.1, 0.15) is 239 Å². The van der Waals surface area contributed by atoms with Gasteiger partial charge in [0.05, 0.1) is 6.04 Å². The van der Waals surface area contributed by atoms with Crippen molar-refractivity contribution in [2.45, 2.75) is 284 Å². The summed E-state index contributed by atoms with van der Waals surface area (Å²) >= 11 is 0. The first-order valence-electron chi connectivity index (χ1n) is 37.9. The quantitative estimate of drug-likeness (QED) is 0.0503. The number of nitrogens with one attached hydrogen (secondary N) is 1. The number of ketones is 3. The summed E-state index contributed by atoms with van der Waals surface area (Å²) in [6, 6.07) is -0.259. The van der Waals surface area contributed by atoms with E-state index in [9.17, 15) is 65.4 Å². The minimum Gasteiger partial charge on any atom is -1.00 e. The molecule has 0 aromatic rings. The number of aliphatic hydroxyl groups is 2. The summed E-state index contributed by atoms with van der Waals surface area (Å²) in [5.41, 5.74) is -6.22. The number of halogens is 3. The minimum atomic E-state index is -5.70. The molecule has 4 aliphatic carbocycles. The Balaban J connectivity index is 0.000000655. The molecule has 0 radical (unpaired) electrons. The van der Waals surface area contributed by atoms with Gasteiger partial charge in [0, 0.05) is 95.5 Å². The molecule has 0 aromatic carbocycles. The molecule has 4 N–H and O–H groups in total. The van der Waals surface area contributed by atoms with Crippen molar-refractivity contribution in [1.82, 2.24) is 29.8 Å². The van der Waals surface area contributed by atoms with E-state index in [0.29, 0.717) is 43.0 Å². The first-order valence-corrected chi connectivity index (χ1v) is 39.3. The van der Waals surface area contributed by atoms with Crippen LogP contribution in [0, 0.1) is 39.9 Å². The average molecular weight is 1780 g/mol. The van der Waals surface area contributed by atoms with E-state index in [-0.39, 0.29) is 210 Å². The van der Waals surface area contributed by atoms with Crippen molar-refractivity contribution in [3.05, 3.63) is 0 Å². The van der Waals surface area contributed by atoms with Crippen molar-refractivity contribution in [3.8, 4) is 0 Å². The number of hydrogen-bond donors (Lipinski definition) is 4. The van der Waals surface area contributed by atoms with E-state index < -0.39 is 56.7 Å². The zero-order valence-electron chi connectivity index (χ0n) is 67.6. The number of piperidine rings is 3. The van der Waals surface area contributed by atoms with E-state index in [2.05, 4.69) is 24.2 Å². The number of carboxylic acids is 1. The summed E-state index contributed by atoms with van der Waals surface area (Å²) in [6.45, 7) is 33.6. The van der Waals surface area contributed by atoms with Crippen LogP contribution in [0.5, 0.6) is 0 Å². The molecule has 11 aliphatic rings. The van der Waals surface area contributed by atoms with E-state index in [4.69, 9.17) is 34.1 Å². The van der Waals surface area contributed by atoms with E-state index in [1.807, 2.05) is 72.1 Å². The van der Waals surface area contributed by atoms with Gasteiger partial charge < -0.3 is 65.9 Å². The van der Waals surface area contributed by atoms with Gasteiger partial charge in [-0.15, -0.1) is 0 Å². The van der Waals surface area contributed by atoms with Crippen LogP contribution in [0.15, 0.2) is 0 Å². The number of Topliss-reactive ketones (excluding diaryl/α,β-unsaturated/α-hetero) is 3. The van der Waals surface area contributed by atoms with Crippen LogP contribution in [0.2, 0.25) is 0 Å². The van der Waals surface area contributed by atoms with Gasteiger partial charge in [0.25, 0.3) is 6.47 Å². The molecule has 11 fully saturated rings. The molecule has 4 atom stereocenters. The Morgan fingerprint density at radius 2 is 0.868 bits per heavy atom. The van der Waals surface area contributed by atoms with Crippen molar-refractivity contribution >= 4 is 58.2 Å². The van der Waals surface area contributed by atoms with Crippen molar-refractivity contribution in [3.63, 3.8) is 0 Å². The third kappa shape index (κ3) is 34.0. The smallest absolute Gasteiger partial charge is 1.00 e. The summed E-state index contributed by atoms with van der Waals surface area (Å²) in [5.74, 6) is -0.470. The summed E-state index contributed by atoms with van der Waals surface area (Å²) in [4.78, 5) is 104. The van der Waals surface area contributed by atoms with Gasteiger partial charge in [-0.25, -0.2) is 14.4 Å². The Morgan fingerprint density at radius 3 is 1.16 bits per heavy atom. The molecule has 7 heterocycles. The number of carbonyl (C=O) groups excluding carboxylic acids is 7. The molecule has 106 heavy (non-hydrogen) atoms. The number of ether oxygens (including phenoxy) is 4. The molecular weight excluding hydrogens is 1650 g/mol. The van der Waals surface area contributed by atoms with Gasteiger partial charge in [-0.3, -0.25) is 38.0 Å². The van der Waals surface area contributed by atoms with Crippen LogP contribution in [0.3, 0.4) is 0 Å². The second-order valence-corrected chi connectivity index (χ2v) is 35.1. The third-order valence-electron chi connectivity index (χ3n) is 21.1. The first kappa shape index (κ1) is 101. The number of alkyl halides is 3. The molecule has 0 bridgehead atoms. The number of likely N-dealkylation sites (tertiary alicyclic amines) is 5. The normalized spacial score (nSPS) is 22.6. The molecule has 604 valence electrons. The van der Waals surface area contributed by atoms with Crippen LogP contribution < -0.4 is 148 Å². The fraction of sp³-hybridized carbons (Fsp3) is 0.892. The van der Waals surface area contributed by atoms with Gasteiger partial charge in [-0.05, 0) is 229 Å². The number of carbonyl (C=O) groups is 8. The first-order chi connectivity index (χ1) is 48.6. The summed E-state index contributed by atoms with van der Waals surface area (Å²) in [5, 5.41) is 37.9. The minimum absolute atomic E-state index is 0. The Morgan fingerprint density at radius 1 is 0.528 bits per heavy atom. The molecule has 3 spiro atoms. The number of aliphatic hydroxyl groups excluding tert-OH is 2. The Bertz CT molecular complexity index is 2700. The number of nitrogens with zero attached hydrogens (tertiary/aromatic N) is 5. The van der Waals surface area contributed by atoms with E-state index in [1.54, 1.807) is 11.8 Å². The number of rotatable bonds is 13. The van der Waals surface area contributed by atoms with Gasteiger partial charge in [0.15, 0.2) is 11.6 Å². The van der Waals surface area contributed by atoms with Crippen LogP contribution in [0.25, 0.3) is 0 Å². The maximum absolute atomic E-state index is 12.4. The number of hydrogen-bond acceptors (Lipinski definition) is 22. The molecular formula is C74H129Cs2F3N6O20S. The average Bonchev–Trinajstić information content (AvgIpc) is 1.38. The predicted molar refractivity (Wildman–Crippen MR) is 382 cm³/mol. The fourth-order valence-corrected chi connectivity index (χ4v) is 17.2. The van der Waals surface area contributed by atoms with Gasteiger partial charge in [0.2, 0.25) is 0 Å². The monoisotopic (exact) mass is 1780 g/mol. The van der Waals surface area contributed by atoms with Crippen LogP contribution in [-0.2, 0) is 62.1 Å². The number of amides is 3. The Labute approximate surface area is 748 Å². The second kappa shape index (κ2) is 47.3. The molecule has 7 saturated heterocycles. The van der Waals surface area contributed by atoms with Crippen molar-refractivity contribution < 1.29 is 248 Å². The van der Waals surface area contributed by atoms with E-state index in [0.717, 1.165) is 170 Å². The maximum Gasteiger partial charge on any atom is 1.00 e.